The van der Waals surface area contributed by atoms with Crippen LogP contribution >= 0.6 is 0 Å². The Morgan fingerprint density at radius 2 is 1.32 bits per heavy atom. The molecule has 196 valence electrons. The number of nitrogens with one attached hydrogen (secondary N) is 2. The molecule has 8 heteroatoms. The van der Waals surface area contributed by atoms with Crippen molar-refractivity contribution in [1.29, 1.82) is 0 Å². The molecule has 0 rings (SSSR count). The summed E-state index contributed by atoms with van der Waals surface area (Å²) >= 11 is 0. The lowest BCUT2D eigenvalue weighted by molar-refractivity contribution is -0.133. The quantitative estimate of drug-likeness (QED) is 0.192. The zero-order chi connectivity index (χ0) is 26.0. The normalized spacial score (nSPS) is 12.9. The van der Waals surface area contributed by atoms with Crippen LogP contribution in [-0.4, -0.2) is 62.9 Å². The van der Waals surface area contributed by atoms with Crippen molar-refractivity contribution >= 4 is 23.4 Å². The summed E-state index contributed by atoms with van der Waals surface area (Å²) in [5.74, 6) is 0.0528. The standard InChI is InChI=1S/C26H46N2O6/c1-7-12-26(8-2,25(32)28-15-19-34-17-11-23(30)21(5)6)13-9-24(31)27-14-18-33-16-10-22(29)20(3)4/h7,20-21H,1,8-19H2,2-6H3,(H,27,31)(H,28,32). The summed E-state index contributed by atoms with van der Waals surface area (Å²) in [4.78, 5) is 48.3. The van der Waals surface area contributed by atoms with Gasteiger partial charge in [0.05, 0.1) is 31.8 Å². The number of allylic oxidation sites excluding steroid dienone is 1. The molecule has 0 bridgehead atoms. The van der Waals surface area contributed by atoms with Gasteiger partial charge in [0, 0.05) is 44.2 Å². The third-order valence-electron chi connectivity index (χ3n) is 5.90. The molecule has 0 saturated carbocycles. The van der Waals surface area contributed by atoms with Crippen molar-refractivity contribution in [2.45, 2.75) is 73.1 Å². The summed E-state index contributed by atoms with van der Waals surface area (Å²) in [6.07, 6.45) is 4.13. The summed E-state index contributed by atoms with van der Waals surface area (Å²) in [5.41, 5.74) is -0.708. The Morgan fingerprint density at radius 1 is 0.824 bits per heavy atom. The second-order valence-electron chi connectivity index (χ2n) is 9.20. The molecule has 0 fully saturated rings. The molecule has 1 atom stereocenters. The smallest absolute Gasteiger partial charge is 0.226 e. The lowest BCUT2D eigenvalue weighted by atomic mass is 9.76. The van der Waals surface area contributed by atoms with Gasteiger partial charge in [-0.2, -0.15) is 0 Å². The Balaban J connectivity index is 4.33. The molecule has 0 aromatic heterocycles. The number of amides is 2. The molecule has 1 unspecified atom stereocenters. The van der Waals surface area contributed by atoms with Crippen molar-refractivity contribution in [3.63, 3.8) is 0 Å². The second kappa shape index (κ2) is 18.3. The van der Waals surface area contributed by atoms with Crippen molar-refractivity contribution in [3.05, 3.63) is 12.7 Å². The highest BCUT2D eigenvalue weighted by atomic mass is 16.5. The number of Topliss-reactive ketones (excluding diaryl/α,β-unsaturated/α-hetero) is 2. The predicted octanol–water partition coefficient (Wildman–Crippen LogP) is 3.24. The fourth-order valence-electron chi connectivity index (χ4n) is 3.32. The number of rotatable bonds is 21. The van der Waals surface area contributed by atoms with Crippen LogP contribution in [-0.2, 0) is 28.7 Å². The van der Waals surface area contributed by atoms with Crippen LogP contribution in [0.3, 0.4) is 0 Å². The van der Waals surface area contributed by atoms with E-state index in [-0.39, 0.29) is 41.6 Å². The van der Waals surface area contributed by atoms with E-state index in [2.05, 4.69) is 17.2 Å². The minimum Gasteiger partial charge on any atom is -0.379 e. The lowest BCUT2D eigenvalue weighted by Crippen LogP contribution is -2.42. The Morgan fingerprint density at radius 3 is 1.76 bits per heavy atom. The van der Waals surface area contributed by atoms with Crippen molar-refractivity contribution in [2.24, 2.45) is 17.3 Å². The van der Waals surface area contributed by atoms with Crippen LogP contribution in [0.2, 0.25) is 0 Å². The fourth-order valence-corrected chi connectivity index (χ4v) is 3.32. The van der Waals surface area contributed by atoms with Crippen LogP contribution in [0.4, 0.5) is 0 Å². The average molecular weight is 483 g/mol. The Hall–Kier alpha value is -2.06. The van der Waals surface area contributed by atoms with Gasteiger partial charge in [-0.05, 0) is 19.3 Å². The highest BCUT2D eigenvalue weighted by molar-refractivity contribution is 5.84. The third kappa shape index (κ3) is 13.6. The van der Waals surface area contributed by atoms with Crippen LogP contribution in [0.25, 0.3) is 0 Å². The molecular weight excluding hydrogens is 436 g/mol. The Labute approximate surface area is 205 Å². The zero-order valence-electron chi connectivity index (χ0n) is 21.9. The molecule has 2 amide bonds. The highest BCUT2D eigenvalue weighted by Crippen LogP contribution is 2.33. The fraction of sp³-hybridized carbons (Fsp3) is 0.769. The van der Waals surface area contributed by atoms with Gasteiger partial charge < -0.3 is 20.1 Å². The molecule has 0 aliphatic carbocycles. The average Bonchev–Trinajstić information content (AvgIpc) is 2.80. The topological polar surface area (TPSA) is 111 Å². The molecule has 0 aromatic carbocycles. The molecule has 0 spiro atoms. The number of carbonyl (C=O) groups excluding carboxylic acids is 4. The monoisotopic (exact) mass is 482 g/mol. The molecule has 0 aliphatic rings. The van der Waals surface area contributed by atoms with Gasteiger partial charge >= 0.3 is 0 Å². The van der Waals surface area contributed by atoms with E-state index in [1.54, 1.807) is 6.08 Å². The largest absolute Gasteiger partial charge is 0.379 e. The molecular formula is C26H46N2O6. The van der Waals surface area contributed by atoms with Crippen LogP contribution < -0.4 is 10.6 Å². The summed E-state index contributed by atoms with van der Waals surface area (Å²) in [6, 6.07) is 0. The first-order valence-corrected chi connectivity index (χ1v) is 12.5. The van der Waals surface area contributed by atoms with Gasteiger partial charge in [-0.15, -0.1) is 6.58 Å². The Bertz CT molecular complexity index is 647. The number of ketones is 2. The summed E-state index contributed by atoms with van der Waals surface area (Å²) < 4.78 is 10.9. The minimum atomic E-state index is -0.708. The van der Waals surface area contributed by atoms with Gasteiger partial charge in [-0.25, -0.2) is 0 Å². The van der Waals surface area contributed by atoms with Crippen LogP contribution in [0.1, 0.15) is 73.1 Å². The van der Waals surface area contributed by atoms with E-state index in [4.69, 9.17) is 9.47 Å². The first kappa shape index (κ1) is 31.9. The third-order valence-corrected chi connectivity index (χ3v) is 5.90. The maximum Gasteiger partial charge on any atom is 0.226 e. The molecule has 0 aromatic rings. The maximum absolute atomic E-state index is 12.9. The molecule has 0 heterocycles. The van der Waals surface area contributed by atoms with Crippen LogP contribution in [0.5, 0.6) is 0 Å². The summed E-state index contributed by atoms with van der Waals surface area (Å²) in [7, 11) is 0. The van der Waals surface area contributed by atoms with Gasteiger partial charge in [0.1, 0.15) is 11.6 Å². The molecule has 0 radical (unpaired) electrons. The first-order chi connectivity index (χ1) is 16.1. The van der Waals surface area contributed by atoms with E-state index in [1.165, 1.54) is 0 Å². The van der Waals surface area contributed by atoms with Crippen molar-refractivity contribution in [2.75, 3.05) is 39.5 Å². The number of carbonyl (C=O) groups is 4. The van der Waals surface area contributed by atoms with E-state index in [9.17, 15) is 19.2 Å². The van der Waals surface area contributed by atoms with Crippen LogP contribution in [0, 0.1) is 17.3 Å². The van der Waals surface area contributed by atoms with Gasteiger partial charge in [0.2, 0.25) is 11.8 Å². The van der Waals surface area contributed by atoms with E-state index in [0.717, 1.165) is 0 Å². The Kier molecular flexibility index (Phi) is 17.2. The predicted molar refractivity (Wildman–Crippen MR) is 133 cm³/mol. The van der Waals surface area contributed by atoms with Crippen LogP contribution in [0.15, 0.2) is 12.7 Å². The van der Waals surface area contributed by atoms with Crippen molar-refractivity contribution < 1.29 is 28.7 Å². The van der Waals surface area contributed by atoms with Gasteiger partial charge in [0.15, 0.2) is 0 Å². The SMILES string of the molecule is C=CCC(CC)(CCC(=O)NCCOCCC(=O)C(C)C)C(=O)NCCOCCC(=O)C(C)C. The molecule has 8 nitrogen and oxygen atoms in total. The molecule has 2 N–H and O–H groups in total. The maximum atomic E-state index is 12.9. The van der Waals surface area contributed by atoms with E-state index in [0.29, 0.717) is 71.6 Å². The van der Waals surface area contributed by atoms with Crippen molar-refractivity contribution in [3.8, 4) is 0 Å². The zero-order valence-corrected chi connectivity index (χ0v) is 21.9. The molecule has 34 heavy (non-hydrogen) atoms. The van der Waals surface area contributed by atoms with Crippen molar-refractivity contribution in [1.82, 2.24) is 10.6 Å². The van der Waals surface area contributed by atoms with Gasteiger partial charge in [-0.1, -0.05) is 40.7 Å². The molecule has 0 aliphatic heterocycles. The number of hydrogen-bond donors (Lipinski definition) is 2. The van der Waals surface area contributed by atoms with Gasteiger partial charge in [-0.3, -0.25) is 19.2 Å². The molecule has 0 saturated heterocycles. The van der Waals surface area contributed by atoms with Gasteiger partial charge in [0.25, 0.3) is 0 Å². The van der Waals surface area contributed by atoms with E-state index >= 15 is 0 Å². The number of hydrogen-bond acceptors (Lipinski definition) is 6. The lowest BCUT2D eigenvalue weighted by Gasteiger charge is -2.30. The highest BCUT2D eigenvalue weighted by Gasteiger charge is 2.35. The van der Waals surface area contributed by atoms with E-state index in [1.807, 2.05) is 34.6 Å². The first-order valence-electron chi connectivity index (χ1n) is 12.5. The summed E-state index contributed by atoms with van der Waals surface area (Å²) in [6.45, 7) is 15.2. The summed E-state index contributed by atoms with van der Waals surface area (Å²) in [5, 5.41) is 5.70. The second-order valence-corrected chi connectivity index (χ2v) is 9.20. The minimum absolute atomic E-state index is 0.00232. The van der Waals surface area contributed by atoms with E-state index < -0.39 is 5.41 Å². The number of ether oxygens (including phenoxy) is 2.